The van der Waals surface area contributed by atoms with Gasteiger partial charge in [-0.15, -0.1) is 0 Å². The van der Waals surface area contributed by atoms with Crippen molar-refractivity contribution in [2.45, 2.75) is 6.92 Å². The molecule has 3 heteroatoms. The second kappa shape index (κ2) is 1.80. The van der Waals surface area contributed by atoms with Crippen molar-refractivity contribution in [3.8, 4) is 0 Å². The minimum atomic E-state index is 0.780. The van der Waals surface area contributed by atoms with Crippen molar-refractivity contribution in [3.63, 3.8) is 0 Å². The molecule has 0 atom stereocenters. The Morgan fingerprint density at radius 2 is 2.30 bits per heavy atom. The first-order valence-corrected chi connectivity index (χ1v) is 3.03. The zero-order valence-corrected chi connectivity index (χ0v) is 5.53. The summed E-state index contributed by atoms with van der Waals surface area (Å²) in [4.78, 5) is 7.97. The molecular formula is C7H6N2O. The normalized spacial score (nSPS) is 10.5. The molecule has 0 bridgehead atoms. The van der Waals surface area contributed by atoms with Crippen molar-refractivity contribution in [3.05, 3.63) is 24.4 Å². The van der Waals surface area contributed by atoms with Gasteiger partial charge in [-0.3, -0.25) is 0 Å². The van der Waals surface area contributed by atoms with Gasteiger partial charge in [-0.05, 0) is 6.92 Å². The molecule has 0 unspecified atom stereocenters. The minimum absolute atomic E-state index is 0.780. The van der Waals surface area contributed by atoms with E-state index in [9.17, 15) is 0 Å². The Labute approximate surface area is 57.7 Å². The molecule has 2 aromatic heterocycles. The van der Waals surface area contributed by atoms with Crippen molar-refractivity contribution in [1.29, 1.82) is 0 Å². The number of furan rings is 1. The lowest BCUT2D eigenvalue weighted by Crippen LogP contribution is -1.81. The molecule has 0 fully saturated rings. The quantitative estimate of drug-likeness (QED) is 0.548. The highest BCUT2D eigenvalue weighted by Gasteiger charge is 1.99. The lowest BCUT2D eigenvalue weighted by atomic mass is 10.4. The van der Waals surface area contributed by atoms with Crippen LogP contribution < -0.4 is 0 Å². The van der Waals surface area contributed by atoms with Gasteiger partial charge in [0.1, 0.15) is 11.8 Å². The largest absolute Gasteiger partial charge is 0.461 e. The predicted octanol–water partition coefficient (Wildman–Crippen LogP) is 1.53. The molecule has 2 heterocycles. The number of aryl methyl sites for hydroxylation is 1. The van der Waals surface area contributed by atoms with Crippen molar-refractivity contribution < 1.29 is 4.42 Å². The van der Waals surface area contributed by atoms with Crippen LogP contribution in [0.4, 0.5) is 0 Å². The van der Waals surface area contributed by atoms with Crippen LogP contribution in [0.2, 0.25) is 0 Å². The van der Waals surface area contributed by atoms with Crippen LogP contribution in [0.15, 0.2) is 23.1 Å². The fraction of sp³-hybridized carbons (Fsp3) is 0.143. The Morgan fingerprint density at radius 3 is 3.10 bits per heavy atom. The van der Waals surface area contributed by atoms with Crippen LogP contribution in [-0.4, -0.2) is 9.97 Å². The van der Waals surface area contributed by atoms with Gasteiger partial charge >= 0.3 is 0 Å². The lowest BCUT2D eigenvalue weighted by Gasteiger charge is -1.88. The van der Waals surface area contributed by atoms with Gasteiger partial charge in [0, 0.05) is 6.07 Å². The Morgan fingerprint density at radius 1 is 1.40 bits per heavy atom. The van der Waals surface area contributed by atoms with E-state index < -0.39 is 0 Å². The van der Waals surface area contributed by atoms with Crippen LogP contribution in [-0.2, 0) is 0 Å². The Bertz CT molecular complexity index is 353. The molecular weight excluding hydrogens is 128 g/mol. The molecule has 0 aromatic carbocycles. The number of hydrogen-bond donors (Lipinski definition) is 0. The van der Waals surface area contributed by atoms with Gasteiger partial charge in [0.2, 0.25) is 0 Å². The summed E-state index contributed by atoms with van der Waals surface area (Å²) in [5.74, 6) is 0. The molecule has 10 heavy (non-hydrogen) atoms. The van der Waals surface area contributed by atoms with E-state index in [-0.39, 0.29) is 0 Å². The molecule has 50 valence electrons. The van der Waals surface area contributed by atoms with Gasteiger partial charge in [0.15, 0.2) is 5.58 Å². The summed E-state index contributed by atoms with van der Waals surface area (Å²) >= 11 is 0. The molecule has 2 aromatic rings. The van der Waals surface area contributed by atoms with Crippen LogP contribution in [0, 0.1) is 6.92 Å². The Kier molecular flexibility index (Phi) is 0.974. The number of aromatic nitrogens is 2. The summed E-state index contributed by atoms with van der Waals surface area (Å²) in [6, 6.07) is 1.82. The van der Waals surface area contributed by atoms with Crippen LogP contribution in [0.5, 0.6) is 0 Å². The van der Waals surface area contributed by atoms with Crippen LogP contribution in [0.3, 0.4) is 0 Å². The van der Waals surface area contributed by atoms with E-state index >= 15 is 0 Å². The molecule has 0 N–H and O–H groups in total. The van der Waals surface area contributed by atoms with Crippen molar-refractivity contribution in [2.24, 2.45) is 0 Å². The Hall–Kier alpha value is -1.38. The molecule has 0 radical (unpaired) electrons. The fourth-order valence-electron chi connectivity index (χ4n) is 0.911. The van der Waals surface area contributed by atoms with Crippen molar-refractivity contribution >= 4 is 11.1 Å². The standard InChI is InChI=1S/C7H6N2O/c1-5-7-6(2-3-10-7)9-4-8-5/h2-4H,1H3. The van der Waals surface area contributed by atoms with Gasteiger partial charge in [0.05, 0.1) is 12.0 Å². The van der Waals surface area contributed by atoms with Gasteiger partial charge < -0.3 is 4.42 Å². The maximum Gasteiger partial charge on any atom is 0.173 e. The lowest BCUT2D eigenvalue weighted by molar-refractivity contribution is 0.610. The van der Waals surface area contributed by atoms with E-state index in [1.165, 1.54) is 6.33 Å². The van der Waals surface area contributed by atoms with Crippen molar-refractivity contribution in [2.75, 3.05) is 0 Å². The first-order valence-electron chi connectivity index (χ1n) is 3.03. The van der Waals surface area contributed by atoms with Crippen LogP contribution >= 0.6 is 0 Å². The molecule has 0 aliphatic carbocycles. The maximum atomic E-state index is 5.12. The SMILES string of the molecule is Cc1ncnc2ccoc12. The zero-order valence-electron chi connectivity index (χ0n) is 5.53. The zero-order chi connectivity index (χ0) is 6.97. The predicted molar refractivity (Wildman–Crippen MR) is 36.5 cm³/mol. The van der Waals surface area contributed by atoms with Gasteiger partial charge in [-0.2, -0.15) is 0 Å². The fourth-order valence-corrected chi connectivity index (χ4v) is 0.911. The van der Waals surface area contributed by atoms with Gasteiger partial charge in [-0.25, -0.2) is 9.97 Å². The van der Waals surface area contributed by atoms with E-state index in [1.807, 2.05) is 13.0 Å². The summed E-state index contributed by atoms with van der Waals surface area (Å²) in [6.45, 7) is 1.90. The topological polar surface area (TPSA) is 38.9 Å². The summed E-state index contributed by atoms with van der Waals surface area (Å²) in [6.07, 6.45) is 3.15. The average Bonchev–Trinajstić information content (AvgIpc) is 2.36. The molecule has 0 saturated carbocycles. The van der Waals surface area contributed by atoms with E-state index in [0.29, 0.717) is 0 Å². The average molecular weight is 134 g/mol. The Balaban J connectivity index is 2.95. The van der Waals surface area contributed by atoms with E-state index in [2.05, 4.69) is 9.97 Å². The molecule has 0 aliphatic heterocycles. The molecule has 0 amide bonds. The number of hydrogen-bond acceptors (Lipinski definition) is 3. The summed E-state index contributed by atoms with van der Waals surface area (Å²) in [5, 5.41) is 0. The third kappa shape index (κ3) is 0.603. The number of rotatable bonds is 0. The van der Waals surface area contributed by atoms with E-state index in [4.69, 9.17) is 4.42 Å². The van der Waals surface area contributed by atoms with Crippen LogP contribution in [0.25, 0.3) is 11.1 Å². The monoisotopic (exact) mass is 134 g/mol. The molecule has 3 nitrogen and oxygen atoms in total. The number of nitrogens with zero attached hydrogens (tertiary/aromatic N) is 2. The summed E-state index contributed by atoms with van der Waals surface area (Å²) in [5.41, 5.74) is 2.53. The summed E-state index contributed by atoms with van der Waals surface area (Å²) < 4.78 is 5.12. The van der Waals surface area contributed by atoms with Gasteiger partial charge in [-0.1, -0.05) is 0 Å². The van der Waals surface area contributed by atoms with Crippen molar-refractivity contribution in [1.82, 2.24) is 9.97 Å². The molecule has 2 rings (SSSR count). The number of fused-ring (bicyclic) bond motifs is 1. The smallest absolute Gasteiger partial charge is 0.173 e. The van der Waals surface area contributed by atoms with Crippen LogP contribution in [0.1, 0.15) is 5.69 Å². The molecule has 0 aliphatic rings. The van der Waals surface area contributed by atoms with E-state index in [1.54, 1.807) is 6.26 Å². The third-order valence-corrected chi connectivity index (χ3v) is 1.42. The highest BCUT2D eigenvalue weighted by atomic mass is 16.3. The third-order valence-electron chi connectivity index (χ3n) is 1.42. The first kappa shape index (κ1) is 5.41. The minimum Gasteiger partial charge on any atom is -0.461 e. The molecule has 0 spiro atoms. The first-order chi connectivity index (χ1) is 4.88. The molecule has 0 saturated heterocycles. The second-order valence-corrected chi connectivity index (χ2v) is 2.09. The highest BCUT2D eigenvalue weighted by Crippen LogP contribution is 2.13. The maximum absolute atomic E-state index is 5.12. The second-order valence-electron chi connectivity index (χ2n) is 2.09. The van der Waals surface area contributed by atoms with Gasteiger partial charge in [0.25, 0.3) is 0 Å². The summed E-state index contributed by atoms with van der Waals surface area (Å²) in [7, 11) is 0. The van der Waals surface area contributed by atoms with E-state index in [0.717, 1.165) is 16.8 Å². The highest BCUT2D eigenvalue weighted by molar-refractivity contribution is 5.73.